The first-order chi connectivity index (χ1) is 12.5. The maximum Gasteiger partial charge on any atom is 0.260 e. The summed E-state index contributed by atoms with van der Waals surface area (Å²) in [5.74, 6) is 1.10. The van der Waals surface area contributed by atoms with E-state index < -0.39 is 0 Å². The fourth-order valence-corrected chi connectivity index (χ4v) is 2.43. The fourth-order valence-electron chi connectivity index (χ4n) is 2.24. The van der Waals surface area contributed by atoms with E-state index in [1.807, 2.05) is 31.2 Å². The molecule has 2 aromatic carbocycles. The number of likely N-dealkylation sites (N-methyl/N-ethyl adjacent to an activating group) is 1. The lowest BCUT2D eigenvalue weighted by atomic mass is 10.1. The largest absolute Gasteiger partial charge is 0.482 e. The molecule has 26 heavy (non-hydrogen) atoms. The van der Waals surface area contributed by atoms with Crippen LogP contribution in [0.5, 0.6) is 5.75 Å². The lowest BCUT2D eigenvalue weighted by molar-refractivity contribution is -0.132. The number of rotatable bonds is 6. The molecule has 0 saturated carbocycles. The van der Waals surface area contributed by atoms with E-state index in [0.717, 1.165) is 11.1 Å². The van der Waals surface area contributed by atoms with Crippen molar-refractivity contribution in [1.82, 2.24) is 15.0 Å². The molecule has 3 aromatic rings. The molecule has 0 aliphatic heterocycles. The number of amides is 1. The highest BCUT2D eigenvalue weighted by Gasteiger charge is 2.15. The van der Waals surface area contributed by atoms with E-state index in [4.69, 9.17) is 20.9 Å². The third kappa shape index (κ3) is 4.40. The van der Waals surface area contributed by atoms with Crippen LogP contribution in [0.15, 0.2) is 53.1 Å². The standard InChI is InChI=1S/C19H18ClN3O3/c1-13-7-9-14(10-8-13)19-21-17(26-22-19)11-23(2)18(24)12-25-16-6-4-3-5-15(16)20/h3-10H,11-12H2,1-2H3. The molecule has 0 bridgehead atoms. The van der Waals surface area contributed by atoms with Crippen molar-refractivity contribution in [3.63, 3.8) is 0 Å². The molecule has 0 N–H and O–H groups in total. The van der Waals surface area contributed by atoms with E-state index in [1.165, 1.54) is 4.90 Å². The average Bonchev–Trinajstić information content (AvgIpc) is 3.09. The predicted molar refractivity (Wildman–Crippen MR) is 97.9 cm³/mol. The van der Waals surface area contributed by atoms with Crippen molar-refractivity contribution in [3.8, 4) is 17.1 Å². The van der Waals surface area contributed by atoms with E-state index in [1.54, 1.807) is 31.3 Å². The van der Waals surface area contributed by atoms with E-state index in [-0.39, 0.29) is 19.1 Å². The normalized spacial score (nSPS) is 10.6. The Kier molecular flexibility index (Phi) is 5.53. The summed E-state index contributed by atoms with van der Waals surface area (Å²) < 4.78 is 10.7. The van der Waals surface area contributed by atoms with Crippen LogP contribution in [0, 0.1) is 6.92 Å². The third-order valence-electron chi connectivity index (χ3n) is 3.76. The summed E-state index contributed by atoms with van der Waals surface area (Å²) in [5, 5.41) is 4.42. The van der Waals surface area contributed by atoms with Gasteiger partial charge in [0, 0.05) is 12.6 Å². The summed E-state index contributed by atoms with van der Waals surface area (Å²) in [5.41, 5.74) is 2.02. The number of nitrogens with zero attached hydrogens (tertiary/aromatic N) is 3. The van der Waals surface area contributed by atoms with Gasteiger partial charge in [0.2, 0.25) is 11.7 Å². The van der Waals surface area contributed by atoms with Crippen molar-refractivity contribution >= 4 is 17.5 Å². The summed E-state index contributed by atoms with van der Waals surface area (Å²) in [4.78, 5) is 18.0. The fraction of sp³-hybridized carbons (Fsp3) is 0.211. The lowest BCUT2D eigenvalue weighted by Gasteiger charge is -2.15. The Morgan fingerprint density at radius 3 is 2.65 bits per heavy atom. The van der Waals surface area contributed by atoms with Crippen molar-refractivity contribution in [3.05, 3.63) is 65.0 Å². The molecule has 1 amide bonds. The molecule has 3 rings (SSSR count). The van der Waals surface area contributed by atoms with E-state index >= 15 is 0 Å². The Balaban J connectivity index is 1.57. The van der Waals surface area contributed by atoms with Crippen LogP contribution in [0.25, 0.3) is 11.4 Å². The van der Waals surface area contributed by atoms with Crippen LogP contribution >= 0.6 is 11.6 Å². The zero-order valence-electron chi connectivity index (χ0n) is 14.5. The zero-order chi connectivity index (χ0) is 18.5. The summed E-state index contributed by atoms with van der Waals surface area (Å²) in [6.07, 6.45) is 0. The number of para-hydroxylation sites is 1. The number of aryl methyl sites for hydroxylation is 1. The zero-order valence-corrected chi connectivity index (χ0v) is 15.2. The number of halogens is 1. The topological polar surface area (TPSA) is 68.5 Å². The first-order valence-electron chi connectivity index (χ1n) is 8.04. The number of carbonyl (C=O) groups excluding carboxylic acids is 1. The molecule has 134 valence electrons. The molecular weight excluding hydrogens is 354 g/mol. The quantitative estimate of drug-likeness (QED) is 0.660. The van der Waals surface area contributed by atoms with E-state index in [0.29, 0.717) is 22.5 Å². The molecule has 6 nitrogen and oxygen atoms in total. The molecule has 0 fully saturated rings. The van der Waals surface area contributed by atoms with Crippen molar-refractivity contribution in [2.75, 3.05) is 13.7 Å². The minimum Gasteiger partial charge on any atom is -0.482 e. The highest BCUT2D eigenvalue weighted by molar-refractivity contribution is 6.32. The molecule has 0 atom stereocenters. The molecule has 0 aliphatic carbocycles. The average molecular weight is 372 g/mol. The van der Waals surface area contributed by atoms with E-state index in [2.05, 4.69) is 10.1 Å². The number of aromatic nitrogens is 2. The van der Waals surface area contributed by atoms with Crippen LogP contribution in [0.4, 0.5) is 0 Å². The van der Waals surface area contributed by atoms with Crippen LogP contribution in [0.2, 0.25) is 5.02 Å². The van der Waals surface area contributed by atoms with Gasteiger partial charge in [0.15, 0.2) is 6.61 Å². The van der Waals surface area contributed by atoms with Crippen LogP contribution in [0.1, 0.15) is 11.5 Å². The summed E-state index contributed by atoms with van der Waals surface area (Å²) in [6, 6.07) is 14.8. The smallest absolute Gasteiger partial charge is 0.260 e. The first kappa shape index (κ1) is 17.9. The number of hydrogen-bond donors (Lipinski definition) is 0. The lowest BCUT2D eigenvalue weighted by Crippen LogP contribution is -2.31. The monoisotopic (exact) mass is 371 g/mol. The van der Waals surface area contributed by atoms with Crippen molar-refractivity contribution in [2.24, 2.45) is 0 Å². The second kappa shape index (κ2) is 8.01. The van der Waals surface area contributed by atoms with Crippen LogP contribution in [0.3, 0.4) is 0 Å². The van der Waals surface area contributed by atoms with Gasteiger partial charge in [-0.25, -0.2) is 0 Å². The first-order valence-corrected chi connectivity index (χ1v) is 8.41. The number of benzene rings is 2. The molecule has 0 saturated heterocycles. The van der Waals surface area contributed by atoms with Gasteiger partial charge in [-0.3, -0.25) is 4.79 Å². The van der Waals surface area contributed by atoms with Gasteiger partial charge in [-0.1, -0.05) is 58.7 Å². The number of hydrogen-bond acceptors (Lipinski definition) is 5. The van der Waals surface area contributed by atoms with Gasteiger partial charge in [0.05, 0.1) is 11.6 Å². The molecule has 7 heteroatoms. The maximum atomic E-state index is 12.2. The molecule has 0 unspecified atom stereocenters. The highest BCUT2D eigenvalue weighted by Crippen LogP contribution is 2.23. The second-order valence-corrected chi connectivity index (χ2v) is 6.25. The van der Waals surface area contributed by atoms with Crippen molar-refractivity contribution < 1.29 is 14.1 Å². The maximum absolute atomic E-state index is 12.2. The van der Waals surface area contributed by atoms with Crippen molar-refractivity contribution in [1.29, 1.82) is 0 Å². The van der Waals surface area contributed by atoms with Crippen LogP contribution < -0.4 is 4.74 Å². The molecule has 0 aliphatic rings. The molecule has 1 aromatic heterocycles. The van der Waals surface area contributed by atoms with Crippen molar-refractivity contribution in [2.45, 2.75) is 13.5 Å². The third-order valence-corrected chi connectivity index (χ3v) is 4.08. The van der Waals surface area contributed by atoms with E-state index in [9.17, 15) is 4.79 Å². The molecular formula is C19H18ClN3O3. The summed E-state index contributed by atoms with van der Waals surface area (Å²) in [6.45, 7) is 2.08. The van der Waals surface area contributed by atoms with Gasteiger partial charge < -0.3 is 14.2 Å². The Bertz CT molecular complexity index is 893. The Morgan fingerprint density at radius 1 is 1.19 bits per heavy atom. The molecule has 1 heterocycles. The van der Waals surface area contributed by atoms with Crippen LogP contribution in [-0.4, -0.2) is 34.6 Å². The number of carbonyl (C=O) groups is 1. The SMILES string of the molecule is Cc1ccc(-c2noc(CN(C)C(=O)COc3ccccc3Cl)n2)cc1. The van der Waals surface area contributed by atoms with Gasteiger partial charge >= 0.3 is 0 Å². The summed E-state index contributed by atoms with van der Waals surface area (Å²) >= 11 is 6.00. The Hall–Kier alpha value is -2.86. The second-order valence-electron chi connectivity index (χ2n) is 5.85. The van der Waals surface area contributed by atoms with Gasteiger partial charge in [-0.2, -0.15) is 4.98 Å². The minimum atomic E-state index is -0.222. The molecule has 0 spiro atoms. The van der Waals surface area contributed by atoms with Crippen LogP contribution in [-0.2, 0) is 11.3 Å². The van der Waals surface area contributed by atoms with Gasteiger partial charge in [-0.15, -0.1) is 0 Å². The van der Waals surface area contributed by atoms with Gasteiger partial charge in [0.25, 0.3) is 5.91 Å². The number of ether oxygens (including phenoxy) is 1. The van der Waals surface area contributed by atoms with Gasteiger partial charge in [-0.05, 0) is 19.1 Å². The predicted octanol–water partition coefficient (Wildman–Crippen LogP) is 3.74. The summed E-state index contributed by atoms with van der Waals surface area (Å²) in [7, 11) is 1.65. The Labute approximate surface area is 156 Å². The highest BCUT2D eigenvalue weighted by atomic mass is 35.5. The molecule has 0 radical (unpaired) electrons. The Morgan fingerprint density at radius 2 is 1.92 bits per heavy atom. The van der Waals surface area contributed by atoms with Gasteiger partial charge in [0.1, 0.15) is 5.75 Å². The minimum absolute atomic E-state index is 0.126.